The minimum Gasteiger partial charge on any atom is -0.301 e. The highest BCUT2D eigenvalue weighted by Crippen LogP contribution is 2.24. The predicted molar refractivity (Wildman–Crippen MR) is 70.2 cm³/mol. The third-order valence-corrected chi connectivity index (χ3v) is 2.65. The summed E-state index contributed by atoms with van der Waals surface area (Å²) in [5.74, 6) is -3.33. The molecule has 0 saturated heterocycles. The van der Waals surface area contributed by atoms with Crippen molar-refractivity contribution in [1.29, 1.82) is 0 Å². The van der Waals surface area contributed by atoms with Crippen molar-refractivity contribution < 1.29 is 18.5 Å². The fraction of sp³-hybridized carbons (Fsp3) is 0. The van der Waals surface area contributed by atoms with E-state index >= 15 is 0 Å². The van der Waals surface area contributed by atoms with Crippen LogP contribution >= 0.6 is 11.6 Å². The van der Waals surface area contributed by atoms with Crippen LogP contribution in [0, 0.1) is 21.7 Å². The summed E-state index contributed by atoms with van der Waals surface area (Å²) in [5, 5.41) is 12.7. The first-order valence-corrected chi connectivity index (χ1v) is 5.83. The monoisotopic (exact) mass is 313 g/mol. The number of nitro groups is 1. The number of nitrogens with zero attached hydrogens (tertiary/aromatic N) is 2. The molecule has 1 N–H and O–H groups in total. The highest BCUT2D eigenvalue weighted by molar-refractivity contribution is 6.29. The van der Waals surface area contributed by atoms with Crippen LogP contribution in [0.5, 0.6) is 0 Å². The number of hydrogen-bond donors (Lipinski definition) is 1. The zero-order valence-corrected chi connectivity index (χ0v) is 10.9. The number of rotatable bonds is 3. The van der Waals surface area contributed by atoms with E-state index in [1.54, 1.807) is 0 Å². The summed E-state index contributed by atoms with van der Waals surface area (Å²) in [4.78, 5) is 25.5. The number of carbonyl (C=O) groups is 1. The molecule has 2 rings (SSSR count). The lowest BCUT2D eigenvalue weighted by molar-refractivity contribution is -0.384. The number of anilines is 1. The fourth-order valence-corrected chi connectivity index (χ4v) is 1.66. The number of benzene rings is 1. The quantitative estimate of drug-likeness (QED) is 0.536. The third-order valence-electron chi connectivity index (χ3n) is 2.44. The van der Waals surface area contributed by atoms with Gasteiger partial charge in [-0.25, -0.2) is 13.8 Å². The third kappa shape index (κ3) is 3.29. The Bertz CT molecular complexity index is 740. The number of nitrogens with one attached hydrogen (secondary N) is 1. The van der Waals surface area contributed by atoms with Crippen LogP contribution in [0.2, 0.25) is 5.15 Å². The second-order valence-electron chi connectivity index (χ2n) is 3.84. The van der Waals surface area contributed by atoms with Crippen molar-refractivity contribution in [1.82, 2.24) is 4.98 Å². The minimum atomic E-state index is -1.08. The molecule has 0 atom stereocenters. The van der Waals surface area contributed by atoms with Gasteiger partial charge in [0.25, 0.3) is 5.91 Å². The molecule has 108 valence electrons. The lowest BCUT2D eigenvalue weighted by atomic mass is 10.2. The Hall–Kier alpha value is -2.61. The molecule has 21 heavy (non-hydrogen) atoms. The molecule has 0 aliphatic carbocycles. The number of halogens is 3. The van der Waals surface area contributed by atoms with E-state index in [9.17, 15) is 23.7 Å². The van der Waals surface area contributed by atoms with Crippen molar-refractivity contribution in [2.45, 2.75) is 0 Å². The van der Waals surface area contributed by atoms with Crippen LogP contribution in [-0.2, 0) is 0 Å². The zero-order valence-electron chi connectivity index (χ0n) is 10.1. The average molecular weight is 314 g/mol. The van der Waals surface area contributed by atoms with Crippen molar-refractivity contribution in [3.05, 3.63) is 62.8 Å². The number of amides is 1. The Balaban J connectivity index is 2.38. The Morgan fingerprint density at radius 2 is 2.00 bits per heavy atom. The summed E-state index contributed by atoms with van der Waals surface area (Å²) in [7, 11) is 0. The van der Waals surface area contributed by atoms with Gasteiger partial charge in [0.15, 0.2) is 0 Å². The van der Waals surface area contributed by atoms with Gasteiger partial charge in [0, 0.05) is 6.07 Å². The smallest absolute Gasteiger partial charge is 0.301 e. The molecular formula is C12H6ClF2N3O3. The zero-order chi connectivity index (χ0) is 15.6. The van der Waals surface area contributed by atoms with Gasteiger partial charge in [-0.15, -0.1) is 0 Å². The van der Waals surface area contributed by atoms with Crippen LogP contribution in [0.15, 0.2) is 30.3 Å². The number of carbonyl (C=O) groups excluding carboxylic acids is 1. The predicted octanol–water partition coefficient (Wildman–Crippen LogP) is 3.17. The Kier molecular flexibility index (Phi) is 4.08. The number of hydrogen-bond acceptors (Lipinski definition) is 4. The van der Waals surface area contributed by atoms with E-state index in [1.807, 2.05) is 5.32 Å². The standard InChI is InChI=1S/C12H6ClF2N3O3/c13-10-4-3-9(18(20)21)11(16-10)17-12(19)7-5-6(14)1-2-8(7)15/h1-5H,(H,16,17,19). The second-order valence-corrected chi connectivity index (χ2v) is 4.22. The Morgan fingerprint density at radius 3 is 2.67 bits per heavy atom. The molecule has 0 saturated carbocycles. The van der Waals surface area contributed by atoms with Crippen LogP contribution in [-0.4, -0.2) is 15.8 Å². The molecule has 0 aliphatic heterocycles. The van der Waals surface area contributed by atoms with E-state index in [0.717, 1.165) is 24.3 Å². The van der Waals surface area contributed by atoms with E-state index in [-0.39, 0.29) is 5.15 Å². The fourth-order valence-electron chi connectivity index (χ4n) is 1.51. The first-order valence-electron chi connectivity index (χ1n) is 5.46. The molecule has 0 bridgehead atoms. The molecule has 1 aromatic heterocycles. The molecule has 0 unspecified atom stereocenters. The lowest BCUT2D eigenvalue weighted by Crippen LogP contribution is -2.16. The average Bonchev–Trinajstić information content (AvgIpc) is 2.41. The molecule has 0 aliphatic rings. The molecule has 9 heteroatoms. The van der Waals surface area contributed by atoms with Crippen molar-refractivity contribution in [2.24, 2.45) is 0 Å². The van der Waals surface area contributed by atoms with Gasteiger partial charge >= 0.3 is 5.69 Å². The molecule has 1 amide bonds. The first-order chi connectivity index (χ1) is 9.88. The Labute approximate surface area is 121 Å². The van der Waals surface area contributed by atoms with Gasteiger partial charge in [-0.05, 0) is 24.3 Å². The van der Waals surface area contributed by atoms with Gasteiger partial charge in [0.2, 0.25) is 5.82 Å². The lowest BCUT2D eigenvalue weighted by Gasteiger charge is -2.06. The summed E-state index contributed by atoms with van der Waals surface area (Å²) in [6, 6.07) is 4.47. The van der Waals surface area contributed by atoms with Crippen LogP contribution in [0.4, 0.5) is 20.3 Å². The highest BCUT2D eigenvalue weighted by atomic mass is 35.5. The number of pyridine rings is 1. The van der Waals surface area contributed by atoms with Gasteiger partial charge in [-0.3, -0.25) is 14.9 Å². The summed E-state index contributed by atoms with van der Waals surface area (Å²) < 4.78 is 26.5. The summed E-state index contributed by atoms with van der Waals surface area (Å²) in [6.45, 7) is 0. The molecule has 1 heterocycles. The van der Waals surface area contributed by atoms with E-state index in [4.69, 9.17) is 11.6 Å². The minimum absolute atomic E-state index is 0.101. The molecule has 2 aromatic rings. The summed E-state index contributed by atoms with van der Waals surface area (Å²) >= 11 is 5.59. The molecule has 0 radical (unpaired) electrons. The first kappa shape index (κ1) is 14.8. The normalized spacial score (nSPS) is 10.2. The van der Waals surface area contributed by atoms with Crippen molar-refractivity contribution in [2.75, 3.05) is 5.32 Å². The molecular weight excluding hydrogens is 308 g/mol. The SMILES string of the molecule is O=C(Nc1nc(Cl)ccc1[N+](=O)[O-])c1cc(F)ccc1F. The molecule has 0 fully saturated rings. The van der Waals surface area contributed by atoms with Crippen LogP contribution in [0.1, 0.15) is 10.4 Å². The maximum Gasteiger partial charge on any atom is 0.311 e. The van der Waals surface area contributed by atoms with Crippen LogP contribution in [0.25, 0.3) is 0 Å². The molecule has 0 spiro atoms. The van der Waals surface area contributed by atoms with Crippen molar-refractivity contribution in [3.8, 4) is 0 Å². The van der Waals surface area contributed by atoms with Crippen molar-refractivity contribution >= 4 is 29.0 Å². The molecule has 6 nitrogen and oxygen atoms in total. The molecule has 1 aromatic carbocycles. The Morgan fingerprint density at radius 1 is 1.29 bits per heavy atom. The van der Waals surface area contributed by atoms with Crippen LogP contribution in [0.3, 0.4) is 0 Å². The van der Waals surface area contributed by atoms with Gasteiger partial charge in [-0.2, -0.15) is 0 Å². The number of aromatic nitrogens is 1. The van der Waals surface area contributed by atoms with Gasteiger partial charge < -0.3 is 5.32 Å². The van der Waals surface area contributed by atoms with E-state index in [2.05, 4.69) is 4.98 Å². The summed E-state index contributed by atoms with van der Waals surface area (Å²) in [5.41, 5.74) is -1.13. The van der Waals surface area contributed by atoms with Gasteiger partial charge in [-0.1, -0.05) is 11.6 Å². The van der Waals surface area contributed by atoms with E-state index in [1.165, 1.54) is 0 Å². The largest absolute Gasteiger partial charge is 0.311 e. The van der Waals surface area contributed by atoms with E-state index < -0.39 is 39.5 Å². The van der Waals surface area contributed by atoms with Crippen LogP contribution < -0.4 is 5.32 Å². The maximum atomic E-state index is 13.5. The second kappa shape index (κ2) is 5.80. The van der Waals surface area contributed by atoms with Gasteiger partial charge in [0.1, 0.15) is 16.8 Å². The topological polar surface area (TPSA) is 85.1 Å². The summed E-state index contributed by atoms with van der Waals surface area (Å²) in [6.07, 6.45) is 0. The van der Waals surface area contributed by atoms with E-state index in [0.29, 0.717) is 6.07 Å². The maximum absolute atomic E-state index is 13.5. The van der Waals surface area contributed by atoms with Gasteiger partial charge in [0.05, 0.1) is 10.5 Å². The highest BCUT2D eigenvalue weighted by Gasteiger charge is 2.20. The van der Waals surface area contributed by atoms with Crippen molar-refractivity contribution in [3.63, 3.8) is 0 Å².